The number of Topliss-reactive ketones (excluding diaryl/α,β-unsaturated/α-hetero) is 1. The average molecular weight is 393 g/mol. The van der Waals surface area contributed by atoms with Crippen LogP contribution in [0.15, 0.2) is 30.6 Å². The molecule has 0 saturated heterocycles. The highest BCUT2D eigenvalue weighted by Crippen LogP contribution is 2.23. The van der Waals surface area contributed by atoms with E-state index in [0.717, 1.165) is 4.88 Å². The summed E-state index contributed by atoms with van der Waals surface area (Å²) in [7, 11) is 0. The Morgan fingerprint density at radius 1 is 1.42 bits per heavy atom. The maximum absolute atomic E-state index is 12.9. The van der Waals surface area contributed by atoms with E-state index in [9.17, 15) is 14.7 Å². The van der Waals surface area contributed by atoms with E-state index in [1.54, 1.807) is 41.9 Å². The smallest absolute Gasteiger partial charge is 0.286 e. The number of pyridine rings is 1. The molecule has 9 heteroatoms. The lowest BCUT2D eigenvalue weighted by Crippen LogP contribution is -2.37. The summed E-state index contributed by atoms with van der Waals surface area (Å²) >= 11 is 7.15. The summed E-state index contributed by atoms with van der Waals surface area (Å²) in [5, 5.41) is 12.9. The van der Waals surface area contributed by atoms with Crippen LogP contribution in [-0.4, -0.2) is 39.2 Å². The number of thiazole rings is 1. The highest BCUT2D eigenvalue weighted by Gasteiger charge is 2.27. The summed E-state index contributed by atoms with van der Waals surface area (Å²) in [6, 6.07) is 5.32. The number of likely N-dealkylation sites (N-methyl/N-ethyl adjacent to an activating group) is 1. The van der Waals surface area contributed by atoms with Gasteiger partial charge >= 0.3 is 0 Å². The fraction of sp³-hybridized carbons (Fsp3) is 0.294. The van der Waals surface area contributed by atoms with Gasteiger partial charge in [0.1, 0.15) is 12.4 Å². The van der Waals surface area contributed by atoms with Gasteiger partial charge in [-0.3, -0.25) is 9.59 Å². The molecule has 0 aliphatic heterocycles. The van der Waals surface area contributed by atoms with Crippen LogP contribution in [-0.2, 0) is 11.3 Å². The highest BCUT2D eigenvalue weighted by molar-refractivity contribution is 7.15. The fourth-order valence-electron chi connectivity index (χ4n) is 2.79. The molecule has 0 unspecified atom stereocenters. The Labute approximate surface area is 159 Å². The molecule has 0 aliphatic rings. The van der Waals surface area contributed by atoms with Gasteiger partial charge < -0.3 is 10.0 Å². The van der Waals surface area contributed by atoms with Crippen LogP contribution in [0, 0.1) is 0 Å². The number of amides is 1. The van der Waals surface area contributed by atoms with Gasteiger partial charge in [-0.25, -0.2) is 9.55 Å². The van der Waals surface area contributed by atoms with Crippen LogP contribution in [0.4, 0.5) is 0 Å². The molecular weight excluding hydrogens is 376 g/mol. The molecule has 3 heterocycles. The van der Waals surface area contributed by atoms with Crippen molar-refractivity contribution in [3.8, 4) is 5.88 Å². The Bertz CT molecular complexity index is 982. The van der Waals surface area contributed by atoms with Crippen molar-refractivity contribution in [2.24, 2.45) is 0 Å². The molecule has 7 nitrogen and oxygen atoms in total. The van der Waals surface area contributed by atoms with Crippen molar-refractivity contribution in [3.05, 3.63) is 45.6 Å². The summed E-state index contributed by atoms with van der Waals surface area (Å²) in [4.78, 5) is 30.6. The van der Waals surface area contributed by atoms with Crippen LogP contribution in [0.2, 0.25) is 4.47 Å². The summed E-state index contributed by atoms with van der Waals surface area (Å²) in [5.74, 6) is -0.999. The molecule has 26 heavy (non-hydrogen) atoms. The molecule has 136 valence electrons. The number of hydrogen-bond donors (Lipinski definition) is 0. The zero-order valence-electron chi connectivity index (χ0n) is 14.3. The third-order valence-corrected chi connectivity index (χ3v) is 5.17. The predicted octanol–water partition coefficient (Wildman–Crippen LogP) is 1.51. The van der Waals surface area contributed by atoms with Crippen molar-refractivity contribution in [1.82, 2.24) is 14.5 Å². The number of carbonyl (C=O) groups is 2. The quantitative estimate of drug-likeness (QED) is 0.470. The molecule has 0 N–H and O–H groups in total. The van der Waals surface area contributed by atoms with E-state index < -0.39 is 11.7 Å². The molecule has 1 amide bonds. The van der Waals surface area contributed by atoms with Crippen molar-refractivity contribution in [2.75, 3.05) is 13.1 Å². The largest absolute Gasteiger partial charge is 0.839 e. The van der Waals surface area contributed by atoms with Crippen molar-refractivity contribution in [2.45, 2.75) is 20.4 Å². The lowest BCUT2D eigenvalue weighted by molar-refractivity contribution is -0.516. The Balaban J connectivity index is 2.04. The second-order valence-electron chi connectivity index (χ2n) is 5.70. The van der Waals surface area contributed by atoms with E-state index >= 15 is 0 Å². The van der Waals surface area contributed by atoms with Gasteiger partial charge in [-0.1, -0.05) is 17.7 Å². The van der Waals surface area contributed by atoms with Crippen LogP contribution >= 0.6 is 22.9 Å². The first-order chi connectivity index (χ1) is 12.4. The predicted molar refractivity (Wildman–Crippen MR) is 95.5 cm³/mol. The molecular formula is C17H17ClN4O3S. The first-order valence-electron chi connectivity index (χ1n) is 8.01. The summed E-state index contributed by atoms with van der Waals surface area (Å²) in [5.41, 5.74) is 0.632. The minimum absolute atomic E-state index is 0.0379. The third-order valence-electron chi connectivity index (χ3n) is 4.07. The van der Waals surface area contributed by atoms with E-state index in [-0.39, 0.29) is 24.7 Å². The molecule has 0 atom stereocenters. The summed E-state index contributed by atoms with van der Waals surface area (Å²) in [6.45, 7) is 3.73. The van der Waals surface area contributed by atoms with Crippen molar-refractivity contribution >= 4 is 40.3 Å². The molecule has 0 radical (unpaired) electrons. The average Bonchev–Trinajstić information content (AvgIpc) is 3.14. The Hall–Kier alpha value is -2.45. The maximum Gasteiger partial charge on any atom is 0.286 e. The number of imidazole rings is 1. The van der Waals surface area contributed by atoms with Gasteiger partial charge in [0.05, 0.1) is 17.6 Å². The molecule has 3 aromatic heterocycles. The van der Waals surface area contributed by atoms with Gasteiger partial charge in [-0.15, -0.1) is 11.3 Å². The van der Waals surface area contributed by atoms with E-state index in [2.05, 4.69) is 4.98 Å². The van der Waals surface area contributed by atoms with Crippen molar-refractivity contribution in [1.29, 1.82) is 0 Å². The minimum Gasteiger partial charge on any atom is -0.839 e. The first-order valence-corrected chi connectivity index (χ1v) is 9.20. The fourth-order valence-corrected chi connectivity index (χ4v) is 3.76. The molecule has 0 aliphatic carbocycles. The lowest BCUT2D eigenvalue weighted by Gasteiger charge is -2.17. The zero-order valence-corrected chi connectivity index (χ0v) is 15.9. The number of aromatic nitrogens is 3. The standard InChI is InChI=1S/C17H17ClN4O3S/c1-3-20(11(2)23)10-13(24)15-16(25)22(9-12-8-19-17(18)26-12)14-6-4-5-7-21(14)15/h4-8H,3,9-10H2,1-2H3. The molecule has 0 spiro atoms. The van der Waals surface area contributed by atoms with Gasteiger partial charge in [-0.05, 0) is 13.0 Å². The van der Waals surface area contributed by atoms with Crippen molar-refractivity contribution < 1.29 is 19.1 Å². The van der Waals surface area contributed by atoms with Crippen molar-refractivity contribution in [3.63, 3.8) is 0 Å². The molecule has 0 saturated carbocycles. The van der Waals surface area contributed by atoms with Gasteiger partial charge in [0.15, 0.2) is 4.47 Å². The van der Waals surface area contributed by atoms with Crippen LogP contribution in [0.25, 0.3) is 5.65 Å². The number of hydrogen-bond acceptors (Lipinski definition) is 5. The molecule has 0 aromatic carbocycles. The van der Waals surface area contributed by atoms with E-state index in [1.807, 2.05) is 0 Å². The van der Waals surface area contributed by atoms with E-state index in [4.69, 9.17) is 11.6 Å². The van der Waals surface area contributed by atoms with E-state index in [0.29, 0.717) is 16.7 Å². The molecule has 3 rings (SSSR count). The number of rotatable bonds is 6. The van der Waals surface area contributed by atoms with E-state index in [1.165, 1.54) is 27.7 Å². The lowest BCUT2D eigenvalue weighted by atomic mass is 10.2. The Kier molecular flexibility index (Phi) is 5.24. The van der Waals surface area contributed by atoms with Gasteiger partial charge in [0.2, 0.25) is 17.4 Å². The Morgan fingerprint density at radius 2 is 2.19 bits per heavy atom. The summed E-state index contributed by atoms with van der Waals surface area (Å²) < 4.78 is 3.48. The minimum atomic E-state index is -0.398. The number of carbonyl (C=O) groups excluding carboxylic acids is 2. The zero-order chi connectivity index (χ0) is 18.8. The van der Waals surface area contributed by atoms with Gasteiger partial charge in [0.25, 0.3) is 5.65 Å². The first kappa shape index (κ1) is 18.3. The second kappa shape index (κ2) is 7.43. The highest BCUT2D eigenvalue weighted by atomic mass is 35.5. The normalized spacial score (nSPS) is 11.0. The number of nitrogens with zero attached hydrogens (tertiary/aromatic N) is 4. The topological polar surface area (TPSA) is 82.4 Å². The maximum atomic E-state index is 12.9. The second-order valence-corrected chi connectivity index (χ2v) is 7.40. The van der Waals surface area contributed by atoms with Crippen LogP contribution in [0.5, 0.6) is 5.88 Å². The molecule has 0 fully saturated rings. The Morgan fingerprint density at radius 3 is 2.81 bits per heavy atom. The van der Waals surface area contributed by atoms with Gasteiger partial charge in [0, 0.05) is 25.7 Å². The van der Waals surface area contributed by atoms with Crippen LogP contribution < -0.4 is 9.51 Å². The third kappa shape index (κ3) is 3.42. The molecule has 0 bridgehead atoms. The van der Waals surface area contributed by atoms with Crippen LogP contribution in [0.3, 0.4) is 0 Å². The number of ketones is 1. The number of fused-ring (bicyclic) bond motifs is 1. The van der Waals surface area contributed by atoms with Gasteiger partial charge in [-0.2, -0.15) is 4.40 Å². The monoisotopic (exact) mass is 392 g/mol. The summed E-state index contributed by atoms with van der Waals surface area (Å²) in [6.07, 6.45) is 3.28. The SMILES string of the molecule is CCN(CC(=O)c1c([O-])n(Cc2cnc(Cl)s2)c2cccc[n+]12)C(C)=O. The molecule has 3 aromatic rings. The number of halogens is 1. The van der Waals surface area contributed by atoms with Crippen LogP contribution in [0.1, 0.15) is 29.2 Å².